The van der Waals surface area contributed by atoms with Gasteiger partial charge in [0.05, 0.1) is 16.4 Å². The van der Waals surface area contributed by atoms with Crippen LogP contribution in [0, 0.1) is 20.8 Å². The Balaban J connectivity index is 2.29. The number of thiazole rings is 1. The van der Waals surface area contributed by atoms with Crippen LogP contribution in [0.3, 0.4) is 0 Å². The number of anilines is 1. The van der Waals surface area contributed by atoms with Gasteiger partial charge in [0.15, 0.2) is 0 Å². The number of rotatable bonds is 3. The zero-order valence-corrected chi connectivity index (χ0v) is 12.1. The third kappa shape index (κ3) is 2.64. The summed E-state index contributed by atoms with van der Waals surface area (Å²) in [5.74, 6) is -1.45. The Morgan fingerprint density at radius 3 is 2.42 bits per heavy atom. The van der Waals surface area contributed by atoms with Gasteiger partial charge in [-0.2, -0.15) is 4.37 Å². The molecule has 0 unspecified atom stereocenters. The van der Waals surface area contributed by atoms with E-state index < -0.39 is 5.97 Å². The van der Waals surface area contributed by atoms with Crippen LogP contribution in [0.1, 0.15) is 36.4 Å². The first-order valence-electron chi connectivity index (χ1n) is 5.35. The Kier molecular flexibility index (Phi) is 3.63. The summed E-state index contributed by atoms with van der Waals surface area (Å²) in [5, 5.41) is 12.7. The van der Waals surface area contributed by atoms with E-state index in [1.807, 2.05) is 6.92 Å². The van der Waals surface area contributed by atoms with Crippen molar-refractivity contribution in [1.29, 1.82) is 0 Å². The molecule has 0 fully saturated rings. The number of carbonyl (C=O) groups excluding carboxylic acids is 1. The van der Waals surface area contributed by atoms with Gasteiger partial charge in [-0.25, -0.2) is 9.78 Å². The SMILES string of the molecule is Cc1nc(C)c(C(=O)Nc2snc(C)c2C(=O)O)s1. The summed E-state index contributed by atoms with van der Waals surface area (Å²) in [6, 6.07) is 0. The summed E-state index contributed by atoms with van der Waals surface area (Å²) in [4.78, 5) is 27.8. The number of carboxylic acid groups (broad SMARTS) is 1. The van der Waals surface area contributed by atoms with Crippen molar-refractivity contribution < 1.29 is 14.7 Å². The van der Waals surface area contributed by atoms with E-state index in [4.69, 9.17) is 5.11 Å². The highest BCUT2D eigenvalue weighted by Gasteiger charge is 2.21. The molecule has 0 saturated carbocycles. The molecule has 0 aliphatic carbocycles. The fraction of sp³-hybridized carbons (Fsp3) is 0.273. The molecule has 0 aliphatic rings. The molecular weight excluding hydrogens is 286 g/mol. The quantitative estimate of drug-likeness (QED) is 0.908. The third-order valence-electron chi connectivity index (χ3n) is 2.41. The molecule has 0 radical (unpaired) electrons. The number of aromatic carboxylic acids is 1. The average molecular weight is 297 g/mol. The van der Waals surface area contributed by atoms with Crippen LogP contribution in [0.4, 0.5) is 5.00 Å². The number of carbonyl (C=O) groups is 2. The second-order valence-electron chi connectivity index (χ2n) is 3.88. The van der Waals surface area contributed by atoms with Gasteiger partial charge in [-0.3, -0.25) is 4.79 Å². The average Bonchev–Trinajstić information content (AvgIpc) is 2.82. The maximum absolute atomic E-state index is 12.1. The lowest BCUT2D eigenvalue weighted by Gasteiger charge is -2.02. The molecule has 0 aliphatic heterocycles. The number of amides is 1. The van der Waals surface area contributed by atoms with Crippen LogP contribution in [0.2, 0.25) is 0 Å². The van der Waals surface area contributed by atoms with Gasteiger partial charge < -0.3 is 10.4 Å². The maximum atomic E-state index is 12.1. The van der Waals surface area contributed by atoms with Crippen LogP contribution in [0.5, 0.6) is 0 Å². The molecule has 0 bridgehead atoms. The topological polar surface area (TPSA) is 92.2 Å². The van der Waals surface area contributed by atoms with Crippen molar-refractivity contribution in [1.82, 2.24) is 9.36 Å². The van der Waals surface area contributed by atoms with Gasteiger partial charge in [0.2, 0.25) is 0 Å². The molecule has 0 atom stereocenters. The Hall–Kier alpha value is -1.80. The lowest BCUT2D eigenvalue weighted by molar-refractivity contribution is 0.0697. The molecule has 19 heavy (non-hydrogen) atoms. The lowest BCUT2D eigenvalue weighted by atomic mass is 10.2. The van der Waals surface area contributed by atoms with Gasteiger partial charge >= 0.3 is 5.97 Å². The molecule has 2 rings (SSSR count). The van der Waals surface area contributed by atoms with E-state index in [9.17, 15) is 9.59 Å². The monoisotopic (exact) mass is 297 g/mol. The van der Waals surface area contributed by atoms with Crippen molar-refractivity contribution in [2.24, 2.45) is 0 Å². The van der Waals surface area contributed by atoms with E-state index >= 15 is 0 Å². The largest absolute Gasteiger partial charge is 0.478 e. The second-order valence-corrected chi connectivity index (χ2v) is 5.86. The molecule has 0 spiro atoms. The number of nitrogens with zero attached hydrogens (tertiary/aromatic N) is 2. The van der Waals surface area contributed by atoms with Gasteiger partial charge in [0, 0.05) is 0 Å². The highest BCUT2D eigenvalue weighted by atomic mass is 32.1. The number of hydrogen-bond donors (Lipinski definition) is 2. The Morgan fingerprint density at radius 1 is 1.21 bits per heavy atom. The van der Waals surface area contributed by atoms with E-state index in [1.165, 1.54) is 11.3 Å². The highest BCUT2D eigenvalue weighted by molar-refractivity contribution is 7.14. The van der Waals surface area contributed by atoms with E-state index in [-0.39, 0.29) is 16.5 Å². The summed E-state index contributed by atoms with van der Waals surface area (Å²) >= 11 is 2.24. The zero-order chi connectivity index (χ0) is 14.2. The standard InChI is InChI=1S/C11H11N3O3S2/c1-4-7(11(16)17)10(19-14-4)13-9(15)8-5(2)12-6(3)18-8/h1-3H3,(H,13,15)(H,16,17). The predicted molar refractivity (Wildman–Crippen MR) is 73.4 cm³/mol. The van der Waals surface area contributed by atoms with Gasteiger partial charge in [0.1, 0.15) is 15.4 Å². The first-order valence-corrected chi connectivity index (χ1v) is 6.94. The summed E-state index contributed by atoms with van der Waals surface area (Å²) in [6.45, 7) is 5.15. The van der Waals surface area contributed by atoms with Crippen LogP contribution in [-0.4, -0.2) is 26.3 Å². The molecular formula is C11H11N3O3S2. The van der Waals surface area contributed by atoms with Crippen LogP contribution < -0.4 is 5.32 Å². The number of hydrogen-bond acceptors (Lipinski definition) is 6. The van der Waals surface area contributed by atoms with Crippen molar-refractivity contribution in [2.75, 3.05) is 5.32 Å². The van der Waals surface area contributed by atoms with Gasteiger partial charge in [-0.1, -0.05) is 0 Å². The second kappa shape index (κ2) is 5.06. The molecule has 8 heteroatoms. The highest BCUT2D eigenvalue weighted by Crippen LogP contribution is 2.26. The predicted octanol–water partition coefficient (Wildman–Crippen LogP) is 2.48. The molecule has 0 saturated heterocycles. The van der Waals surface area contributed by atoms with Gasteiger partial charge in [0.25, 0.3) is 5.91 Å². The van der Waals surface area contributed by atoms with E-state index in [0.29, 0.717) is 16.3 Å². The molecule has 2 N–H and O–H groups in total. The maximum Gasteiger partial charge on any atom is 0.340 e. The molecule has 100 valence electrons. The van der Waals surface area contributed by atoms with Crippen molar-refractivity contribution in [3.05, 3.63) is 26.8 Å². The van der Waals surface area contributed by atoms with Crippen LogP contribution in [0.25, 0.3) is 0 Å². The summed E-state index contributed by atoms with van der Waals surface area (Å²) < 4.78 is 3.95. The third-order valence-corrected chi connectivity index (χ3v) is 4.34. The zero-order valence-electron chi connectivity index (χ0n) is 10.5. The molecule has 6 nitrogen and oxygen atoms in total. The van der Waals surface area contributed by atoms with Crippen LogP contribution in [0.15, 0.2) is 0 Å². The Morgan fingerprint density at radius 2 is 1.89 bits per heavy atom. The summed E-state index contributed by atoms with van der Waals surface area (Å²) in [5.41, 5.74) is 1.07. The number of aryl methyl sites for hydroxylation is 3. The van der Waals surface area contributed by atoms with Gasteiger partial charge in [-0.15, -0.1) is 11.3 Å². The van der Waals surface area contributed by atoms with Crippen molar-refractivity contribution >= 4 is 39.7 Å². The summed E-state index contributed by atoms with van der Waals surface area (Å²) in [7, 11) is 0. The minimum absolute atomic E-state index is 0.0391. The van der Waals surface area contributed by atoms with Crippen molar-refractivity contribution in [3.63, 3.8) is 0 Å². The first-order chi connectivity index (χ1) is 8.90. The fourth-order valence-corrected chi connectivity index (χ4v) is 3.21. The molecule has 2 heterocycles. The number of nitrogens with one attached hydrogen (secondary N) is 1. The Labute approximate surface area is 117 Å². The van der Waals surface area contributed by atoms with E-state index in [2.05, 4.69) is 14.7 Å². The van der Waals surface area contributed by atoms with Crippen molar-refractivity contribution in [2.45, 2.75) is 20.8 Å². The molecule has 0 aromatic carbocycles. The Bertz CT molecular complexity index is 660. The summed E-state index contributed by atoms with van der Waals surface area (Å²) in [6.07, 6.45) is 0. The number of carboxylic acids is 1. The fourth-order valence-electron chi connectivity index (χ4n) is 1.61. The van der Waals surface area contributed by atoms with E-state index in [1.54, 1.807) is 13.8 Å². The molecule has 1 amide bonds. The van der Waals surface area contributed by atoms with Crippen LogP contribution in [-0.2, 0) is 0 Å². The molecule has 2 aromatic heterocycles. The first kappa shape index (κ1) is 13.6. The number of aromatic nitrogens is 2. The smallest absolute Gasteiger partial charge is 0.340 e. The van der Waals surface area contributed by atoms with E-state index in [0.717, 1.165) is 16.5 Å². The minimum Gasteiger partial charge on any atom is -0.478 e. The van der Waals surface area contributed by atoms with Gasteiger partial charge in [-0.05, 0) is 32.3 Å². The molecule has 2 aromatic rings. The normalized spacial score (nSPS) is 10.5. The van der Waals surface area contributed by atoms with Crippen LogP contribution >= 0.6 is 22.9 Å². The van der Waals surface area contributed by atoms with Crippen molar-refractivity contribution in [3.8, 4) is 0 Å². The lowest BCUT2D eigenvalue weighted by Crippen LogP contribution is -2.13. The minimum atomic E-state index is -1.10.